The highest BCUT2D eigenvalue weighted by Crippen LogP contribution is 2.33. The fourth-order valence-electron chi connectivity index (χ4n) is 4.00. The zero-order chi connectivity index (χ0) is 21.1. The predicted octanol–water partition coefficient (Wildman–Crippen LogP) is 5.14. The average Bonchev–Trinajstić information content (AvgIpc) is 3.37. The van der Waals surface area contributed by atoms with Crippen LogP contribution in [0.2, 0.25) is 0 Å². The van der Waals surface area contributed by atoms with E-state index in [1.807, 2.05) is 59.8 Å². The summed E-state index contributed by atoms with van der Waals surface area (Å²) in [5.41, 5.74) is 5.07. The normalized spacial score (nSPS) is 13.6. The lowest BCUT2D eigenvalue weighted by molar-refractivity contribution is -0.130. The van der Waals surface area contributed by atoms with Gasteiger partial charge in [0.2, 0.25) is 11.8 Å². The van der Waals surface area contributed by atoms with Crippen molar-refractivity contribution in [3.8, 4) is 17.3 Å². The molecule has 0 unspecified atom stereocenters. The van der Waals surface area contributed by atoms with Crippen molar-refractivity contribution >= 4 is 5.91 Å². The Labute approximate surface area is 178 Å². The summed E-state index contributed by atoms with van der Waals surface area (Å²) in [5.74, 6) is 1.72. The molecule has 0 aliphatic carbocycles. The third kappa shape index (κ3) is 4.25. The van der Waals surface area contributed by atoms with Crippen molar-refractivity contribution in [3.05, 3.63) is 70.9 Å². The maximum absolute atomic E-state index is 12.6. The fraction of sp³-hybridized carbons (Fsp3) is 0.360. The molecule has 2 aromatic carbocycles. The van der Waals surface area contributed by atoms with E-state index in [1.165, 1.54) is 0 Å². The van der Waals surface area contributed by atoms with Gasteiger partial charge in [0.25, 0.3) is 0 Å². The smallest absolute Gasteiger partial charge is 0.226 e. The topological polar surface area (TPSA) is 47.4 Å². The largest absolute Gasteiger partial charge is 0.438 e. The van der Waals surface area contributed by atoms with E-state index in [2.05, 4.69) is 19.1 Å². The molecule has 0 atom stereocenters. The molecule has 1 amide bonds. The molecule has 0 saturated carbocycles. The maximum Gasteiger partial charge on any atom is 0.226 e. The first-order chi connectivity index (χ1) is 14.5. The second-order valence-corrected chi connectivity index (χ2v) is 8.08. The van der Waals surface area contributed by atoms with Crippen molar-refractivity contribution in [1.29, 1.82) is 0 Å². The first-order valence-electron chi connectivity index (χ1n) is 10.7. The van der Waals surface area contributed by atoms with Gasteiger partial charge in [-0.2, -0.15) is 5.10 Å². The van der Waals surface area contributed by atoms with Crippen LogP contribution in [0.3, 0.4) is 0 Å². The van der Waals surface area contributed by atoms with E-state index in [-0.39, 0.29) is 5.91 Å². The number of rotatable bonds is 6. The summed E-state index contributed by atoms with van der Waals surface area (Å²) in [6.45, 7) is 7.86. The van der Waals surface area contributed by atoms with Crippen molar-refractivity contribution in [1.82, 2.24) is 14.7 Å². The summed E-state index contributed by atoms with van der Waals surface area (Å²) >= 11 is 0. The zero-order valence-electron chi connectivity index (χ0n) is 18.0. The van der Waals surface area contributed by atoms with E-state index in [0.29, 0.717) is 18.7 Å². The van der Waals surface area contributed by atoms with Gasteiger partial charge in [-0.1, -0.05) is 30.3 Å². The van der Waals surface area contributed by atoms with E-state index < -0.39 is 0 Å². The number of aromatic nitrogens is 2. The van der Waals surface area contributed by atoms with Gasteiger partial charge in [-0.05, 0) is 69.4 Å². The lowest BCUT2D eigenvalue weighted by Crippen LogP contribution is -2.27. The molecule has 0 spiro atoms. The molecule has 2 heterocycles. The van der Waals surface area contributed by atoms with Crippen LogP contribution in [0.25, 0.3) is 5.69 Å². The molecule has 1 aliphatic heterocycles. The Morgan fingerprint density at radius 3 is 2.53 bits per heavy atom. The zero-order valence-corrected chi connectivity index (χ0v) is 18.0. The second-order valence-electron chi connectivity index (χ2n) is 8.08. The standard InChI is InChI=1S/C25H29N3O2/c1-18-9-8-11-21(17-18)28-25(30-23-12-5-4-10-19(23)2)22(20(3)26-28)13-14-24(29)27-15-6-7-16-27/h4-5,8-12,17H,6-7,13-16H2,1-3H3. The van der Waals surface area contributed by atoms with Gasteiger partial charge < -0.3 is 9.64 Å². The molecular formula is C25H29N3O2. The van der Waals surface area contributed by atoms with Crippen molar-refractivity contribution in [3.63, 3.8) is 0 Å². The summed E-state index contributed by atoms with van der Waals surface area (Å²) in [5, 5.41) is 4.79. The minimum Gasteiger partial charge on any atom is -0.438 e. The van der Waals surface area contributed by atoms with Crippen LogP contribution in [-0.4, -0.2) is 33.7 Å². The molecule has 30 heavy (non-hydrogen) atoms. The van der Waals surface area contributed by atoms with Crippen LogP contribution in [-0.2, 0) is 11.2 Å². The van der Waals surface area contributed by atoms with Gasteiger partial charge in [0.15, 0.2) is 0 Å². The molecule has 0 N–H and O–H groups in total. The van der Waals surface area contributed by atoms with Crippen LogP contribution in [0.5, 0.6) is 11.6 Å². The van der Waals surface area contributed by atoms with Gasteiger partial charge in [0.05, 0.1) is 11.4 Å². The lowest BCUT2D eigenvalue weighted by atomic mass is 10.1. The van der Waals surface area contributed by atoms with Crippen molar-refractivity contribution < 1.29 is 9.53 Å². The number of hydrogen-bond acceptors (Lipinski definition) is 3. The molecule has 1 saturated heterocycles. The second kappa shape index (κ2) is 8.74. The molecule has 5 heteroatoms. The number of ether oxygens (including phenoxy) is 1. The number of amides is 1. The highest BCUT2D eigenvalue weighted by Gasteiger charge is 2.23. The quantitative estimate of drug-likeness (QED) is 0.572. The average molecular weight is 404 g/mol. The van der Waals surface area contributed by atoms with Gasteiger partial charge in [-0.3, -0.25) is 4.79 Å². The maximum atomic E-state index is 12.6. The summed E-state index contributed by atoms with van der Waals surface area (Å²) in [6, 6.07) is 16.2. The summed E-state index contributed by atoms with van der Waals surface area (Å²) in [4.78, 5) is 14.6. The van der Waals surface area contributed by atoms with Crippen molar-refractivity contribution in [2.45, 2.75) is 46.5 Å². The minimum atomic E-state index is 0.219. The first-order valence-corrected chi connectivity index (χ1v) is 10.7. The van der Waals surface area contributed by atoms with Gasteiger partial charge in [0, 0.05) is 25.1 Å². The van der Waals surface area contributed by atoms with Crippen LogP contribution in [0.4, 0.5) is 0 Å². The Balaban J connectivity index is 1.69. The number of aryl methyl sites for hydroxylation is 3. The molecule has 156 valence electrons. The van der Waals surface area contributed by atoms with E-state index >= 15 is 0 Å². The van der Waals surface area contributed by atoms with Crippen molar-refractivity contribution in [2.24, 2.45) is 0 Å². The number of hydrogen-bond donors (Lipinski definition) is 0. The Morgan fingerprint density at radius 2 is 1.80 bits per heavy atom. The Kier molecular flexibility index (Phi) is 5.88. The number of carbonyl (C=O) groups is 1. The van der Waals surface area contributed by atoms with Crippen LogP contribution in [0, 0.1) is 20.8 Å². The predicted molar refractivity (Wildman–Crippen MR) is 118 cm³/mol. The van der Waals surface area contributed by atoms with Crippen LogP contribution < -0.4 is 4.74 Å². The number of carbonyl (C=O) groups excluding carboxylic acids is 1. The van der Waals surface area contributed by atoms with Crippen LogP contribution in [0.1, 0.15) is 41.6 Å². The molecule has 5 nitrogen and oxygen atoms in total. The molecule has 3 aromatic rings. The van der Waals surface area contributed by atoms with E-state index in [1.54, 1.807) is 0 Å². The Hall–Kier alpha value is -3.08. The fourth-order valence-corrected chi connectivity index (χ4v) is 4.00. The molecule has 1 aliphatic rings. The molecule has 1 fully saturated rings. The first kappa shape index (κ1) is 20.2. The summed E-state index contributed by atoms with van der Waals surface area (Å²) in [6.07, 6.45) is 3.31. The highest BCUT2D eigenvalue weighted by atomic mass is 16.5. The Bertz CT molecular complexity index is 1050. The molecule has 1 aromatic heterocycles. The Morgan fingerprint density at radius 1 is 1.03 bits per heavy atom. The molecular weight excluding hydrogens is 374 g/mol. The number of benzene rings is 2. The van der Waals surface area contributed by atoms with Crippen LogP contribution >= 0.6 is 0 Å². The summed E-state index contributed by atoms with van der Waals surface area (Å²) < 4.78 is 8.29. The highest BCUT2D eigenvalue weighted by molar-refractivity contribution is 5.76. The monoisotopic (exact) mass is 403 g/mol. The third-order valence-corrected chi connectivity index (χ3v) is 5.73. The number of nitrogens with zero attached hydrogens (tertiary/aromatic N) is 3. The minimum absolute atomic E-state index is 0.219. The van der Waals surface area contributed by atoms with Crippen molar-refractivity contribution in [2.75, 3.05) is 13.1 Å². The van der Waals surface area contributed by atoms with Gasteiger partial charge >= 0.3 is 0 Å². The summed E-state index contributed by atoms with van der Waals surface area (Å²) in [7, 11) is 0. The SMILES string of the molecule is Cc1cccc(-n2nc(C)c(CCC(=O)N3CCCC3)c2Oc2ccccc2C)c1. The molecule has 0 radical (unpaired) electrons. The van der Waals surface area contributed by atoms with E-state index in [0.717, 1.165) is 59.8 Å². The molecule has 4 rings (SSSR count). The lowest BCUT2D eigenvalue weighted by Gasteiger charge is -2.16. The third-order valence-electron chi connectivity index (χ3n) is 5.73. The van der Waals surface area contributed by atoms with Gasteiger partial charge in [-0.15, -0.1) is 0 Å². The van der Waals surface area contributed by atoms with E-state index in [4.69, 9.17) is 9.84 Å². The van der Waals surface area contributed by atoms with E-state index in [9.17, 15) is 4.79 Å². The molecule has 0 bridgehead atoms. The number of para-hydroxylation sites is 1. The van der Waals surface area contributed by atoms with Crippen LogP contribution in [0.15, 0.2) is 48.5 Å². The van der Waals surface area contributed by atoms with Gasteiger partial charge in [-0.25, -0.2) is 4.68 Å². The van der Waals surface area contributed by atoms with Gasteiger partial charge in [0.1, 0.15) is 5.75 Å². The number of likely N-dealkylation sites (tertiary alicyclic amines) is 1.